The fourth-order valence-electron chi connectivity index (χ4n) is 0.434. The standard InChI is InChI=1S/C5H14NO4P.H2N2O2/c1-6(2,3)4-5-10-11(7,8)9;3-1-2-4/h4-5H2,1-3H3,(H-,7,8,9);(H,1,4)(H,2,3). The second-order valence-electron chi connectivity index (χ2n) is 3.51. The van der Waals surface area contributed by atoms with Crippen LogP contribution in [0.2, 0.25) is 0 Å². The van der Waals surface area contributed by atoms with Gasteiger partial charge < -0.3 is 24.7 Å². The largest absolute Gasteiger partial charge is 0.773 e. The zero-order valence-electron chi connectivity index (χ0n) is 8.77. The molecule has 0 radical (unpaired) electrons. The van der Waals surface area contributed by atoms with Gasteiger partial charge in [-0.3, -0.25) is 4.52 Å². The number of hydrogen-bond donors (Lipinski definition) is 3. The SMILES string of the molecule is C[N+](C)(C)CCOP(=O)(O)O.[O-]N=NO. The van der Waals surface area contributed by atoms with E-state index in [0.717, 1.165) is 0 Å². The zero-order chi connectivity index (χ0) is 12.5. The molecule has 0 amide bonds. The maximum absolute atomic E-state index is 10.2. The number of hydrogen-bond acceptors (Lipinski definition) is 5. The van der Waals surface area contributed by atoms with Crippen molar-refractivity contribution in [3.05, 3.63) is 5.21 Å². The van der Waals surface area contributed by atoms with Gasteiger partial charge in [-0.2, -0.15) is 5.28 Å². The van der Waals surface area contributed by atoms with Gasteiger partial charge in [-0.15, -0.1) is 0 Å². The summed E-state index contributed by atoms with van der Waals surface area (Å²) in [7, 11) is 1.50. The summed E-state index contributed by atoms with van der Waals surface area (Å²) in [5, 5.41) is 19.0. The summed E-state index contributed by atoms with van der Waals surface area (Å²) in [5.41, 5.74) is 0. The third-order valence-electron chi connectivity index (χ3n) is 1.06. The van der Waals surface area contributed by atoms with Crippen molar-refractivity contribution in [1.82, 2.24) is 0 Å². The Morgan fingerprint density at radius 1 is 1.40 bits per heavy atom. The summed E-state index contributed by atoms with van der Waals surface area (Å²) in [4.78, 5) is 16.6. The van der Waals surface area contributed by atoms with Crippen LogP contribution in [0, 0.1) is 5.21 Å². The number of rotatable bonds is 4. The third kappa shape index (κ3) is 24.6. The van der Waals surface area contributed by atoms with E-state index >= 15 is 0 Å². The fourth-order valence-corrected chi connectivity index (χ4v) is 0.753. The van der Waals surface area contributed by atoms with Crippen LogP contribution in [0.1, 0.15) is 0 Å². The second kappa shape index (κ2) is 7.55. The molecule has 0 unspecified atom stereocenters. The van der Waals surface area contributed by atoms with Crippen LogP contribution < -0.4 is 0 Å². The minimum Gasteiger partial charge on any atom is -0.773 e. The number of phosphoric acid groups is 1. The van der Waals surface area contributed by atoms with Crippen LogP contribution in [0.3, 0.4) is 0 Å². The van der Waals surface area contributed by atoms with E-state index < -0.39 is 7.82 Å². The maximum Gasteiger partial charge on any atom is 0.469 e. The Bertz CT molecular complexity index is 217. The van der Waals surface area contributed by atoms with Crippen molar-refractivity contribution in [1.29, 1.82) is 0 Å². The Morgan fingerprint density at radius 3 is 2.00 bits per heavy atom. The fraction of sp³-hybridized carbons (Fsp3) is 1.00. The summed E-state index contributed by atoms with van der Waals surface area (Å²) in [6.45, 7) is 0.652. The molecule has 0 bridgehead atoms. The molecule has 0 aliphatic rings. The van der Waals surface area contributed by atoms with Gasteiger partial charge in [-0.1, -0.05) is 0 Å². The lowest BCUT2D eigenvalue weighted by Crippen LogP contribution is -2.37. The molecule has 0 saturated heterocycles. The summed E-state index contributed by atoms with van der Waals surface area (Å²) in [6, 6.07) is 0. The predicted octanol–water partition coefficient (Wildman–Crippen LogP) is 0.127. The van der Waals surface area contributed by atoms with Crippen LogP contribution >= 0.6 is 7.82 Å². The first kappa shape index (κ1) is 16.7. The van der Waals surface area contributed by atoms with E-state index in [0.29, 0.717) is 11.0 Å². The molecule has 0 saturated carbocycles. The van der Waals surface area contributed by atoms with Crippen molar-refractivity contribution in [3.63, 3.8) is 0 Å². The van der Waals surface area contributed by atoms with Crippen LogP contribution in [0.15, 0.2) is 10.6 Å². The summed E-state index contributed by atoms with van der Waals surface area (Å²) in [5.74, 6) is 0. The van der Waals surface area contributed by atoms with Crippen molar-refractivity contribution < 1.29 is 28.6 Å². The molecule has 10 heteroatoms. The van der Waals surface area contributed by atoms with Crippen LogP contribution in [0.4, 0.5) is 0 Å². The monoisotopic (exact) mass is 245 g/mol. The summed E-state index contributed by atoms with van der Waals surface area (Å²) < 4.78 is 15.1. The highest BCUT2D eigenvalue weighted by Crippen LogP contribution is 2.35. The molecule has 0 atom stereocenters. The van der Waals surface area contributed by atoms with Gasteiger partial charge in [0.25, 0.3) is 0 Å². The lowest BCUT2D eigenvalue weighted by Gasteiger charge is -2.23. The Labute approximate surface area is 87.4 Å². The van der Waals surface area contributed by atoms with Crippen LogP contribution in [-0.2, 0) is 9.09 Å². The van der Waals surface area contributed by atoms with Gasteiger partial charge >= 0.3 is 7.82 Å². The lowest BCUT2D eigenvalue weighted by atomic mass is 10.5. The first-order chi connectivity index (χ1) is 6.62. The summed E-state index contributed by atoms with van der Waals surface area (Å²) >= 11 is 0. The molecule has 0 aliphatic heterocycles. The zero-order valence-corrected chi connectivity index (χ0v) is 9.66. The lowest BCUT2D eigenvalue weighted by molar-refractivity contribution is -0.870. The van der Waals surface area contributed by atoms with Crippen molar-refractivity contribution in [2.75, 3.05) is 34.3 Å². The van der Waals surface area contributed by atoms with E-state index in [1.165, 1.54) is 0 Å². The minimum atomic E-state index is -4.26. The normalized spacial score (nSPS) is 12.3. The molecular weight excluding hydrogens is 229 g/mol. The highest BCUT2D eigenvalue weighted by Gasteiger charge is 2.15. The number of phosphoric ester groups is 1. The van der Waals surface area contributed by atoms with Gasteiger partial charge in [0.05, 0.1) is 21.1 Å². The molecule has 0 aromatic heterocycles. The highest BCUT2D eigenvalue weighted by atomic mass is 31.2. The van der Waals surface area contributed by atoms with E-state index in [1.807, 2.05) is 21.1 Å². The van der Waals surface area contributed by atoms with Gasteiger partial charge in [-0.25, -0.2) is 4.57 Å². The van der Waals surface area contributed by atoms with E-state index in [9.17, 15) is 4.57 Å². The van der Waals surface area contributed by atoms with Crippen LogP contribution in [0.25, 0.3) is 0 Å². The molecule has 9 nitrogen and oxygen atoms in total. The van der Waals surface area contributed by atoms with E-state index in [2.05, 4.69) is 4.52 Å². The summed E-state index contributed by atoms with van der Waals surface area (Å²) in [6.07, 6.45) is 0. The van der Waals surface area contributed by atoms with Crippen molar-refractivity contribution in [2.45, 2.75) is 0 Å². The van der Waals surface area contributed by atoms with Gasteiger partial charge in [0, 0.05) is 5.28 Å². The van der Waals surface area contributed by atoms with E-state index in [1.54, 1.807) is 10.6 Å². The number of likely N-dealkylation sites (N-methyl/N-ethyl adjacent to an activating group) is 1. The molecular formula is C5H16N3O6P. The van der Waals surface area contributed by atoms with E-state index in [-0.39, 0.29) is 6.61 Å². The smallest absolute Gasteiger partial charge is 0.469 e. The Hall–Kier alpha value is -0.730. The molecule has 0 heterocycles. The Morgan fingerprint density at radius 2 is 1.80 bits per heavy atom. The first-order valence-corrected chi connectivity index (χ1v) is 5.32. The average molecular weight is 245 g/mol. The predicted molar refractivity (Wildman–Crippen MR) is 50.9 cm³/mol. The first-order valence-electron chi connectivity index (χ1n) is 3.79. The second-order valence-corrected chi connectivity index (χ2v) is 4.75. The molecule has 0 spiro atoms. The molecule has 3 N–H and O–H groups in total. The molecule has 0 aliphatic carbocycles. The molecule has 15 heavy (non-hydrogen) atoms. The average Bonchev–Trinajstić information content (AvgIpc) is 2.00. The molecule has 0 aromatic rings. The van der Waals surface area contributed by atoms with Gasteiger partial charge in [0.1, 0.15) is 13.2 Å². The van der Waals surface area contributed by atoms with Gasteiger partial charge in [-0.05, 0) is 0 Å². The van der Waals surface area contributed by atoms with E-state index in [4.69, 9.17) is 20.2 Å². The maximum atomic E-state index is 10.2. The van der Waals surface area contributed by atoms with Crippen LogP contribution in [-0.4, -0.2) is 53.8 Å². The molecule has 92 valence electrons. The highest BCUT2D eigenvalue weighted by molar-refractivity contribution is 7.46. The third-order valence-corrected chi connectivity index (χ3v) is 1.58. The number of nitrogens with zero attached hydrogens (tertiary/aromatic N) is 3. The number of quaternary nitrogens is 1. The quantitative estimate of drug-likeness (QED) is 0.279. The molecule has 0 fully saturated rings. The molecule has 0 aromatic carbocycles. The topological polar surface area (TPSA) is 135 Å². The van der Waals surface area contributed by atoms with Gasteiger partial charge in [0.2, 0.25) is 0 Å². The van der Waals surface area contributed by atoms with Gasteiger partial charge in [0.15, 0.2) is 0 Å². The minimum absolute atomic E-state index is 0.0772. The molecule has 0 rings (SSSR count). The van der Waals surface area contributed by atoms with Crippen molar-refractivity contribution in [2.24, 2.45) is 10.6 Å². The van der Waals surface area contributed by atoms with Crippen LogP contribution in [0.5, 0.6) is 0 Å². The van der Waals surface area contributed by atoms with Crippen molar-refractivity contribution in [3.8, 4) is 0 Å². The Kier molecular flexibility index (Phi) is 8.40. The Balaban J connectivity index is 0. The van der Waals surface area contributed by atoms with Crippen molar-refractivity contribution >= 4 is 7.82 Å².